The number of esters is 1. The number of aromatic hydroxyl groups is 1. The number of hydrogen-bond acceptors (Lipinski definition) is 5. The fourth-order valence-corrected chi connectivity index (χ4v) is 2.94. The quantitative estimate of drug-likeness (QED) is 0.762. The average molecular weight is 350 g/mol. The third kappa shape index (κ3) is 5.44. The molecule has 1 fully saturated rings. The molecular formula is C20H30O5. The highest BCUT2D eigenvalue weighted by molar-refractivity contribution is 5.69. The Bertz CT molecular complexity index is 588. The van der Waals surface area contributed by atoms with Gasteiger partial charge in [0.1, 0.15) is 12.4 Å². The van der Waals surface area contributed by atoms with Crippen LogP contribution >= 0.6 is 0 Å². The predicted octanol–water partition coefficient (Wildman–Crippen LogP) is 3.53. The largest absolute Gasteiger partial charge is 0.507 e. The van der Waals surface area contributed by atoms with E-state index < -0.39 is 0 Å². The summed E-state index contributed by atoms with van der Waals surface area (Å²) in [5, 5.41) is 9.98. The molecule has 0 bridgehead atoms. The van der Waals surface area contributed by atoms with Gasteiger partial charge in [0.2, 0.25) is 0 Å². The number of phenols is 1. The minimum absolute atomic E-state index is 0.229. The van der Waals surface area contributed by atoms with E-state index in [1.807, 2.05) is 39.8 Å². The first kappa shape index (κ1) is 19.7. The van der Waals surface area contributed by atoms with Crippen molar-refractivity contribution in [2.45, 2.75) is 59.7 Å². The van der Waals surface area contributed by atoms with Crippen molar-refractivity contribution in [2.75, 3.05) is 19.8 Å². The van der Waals surface area contributed by atoms with E-state index in [1.165, 1.54) is 0 Å². The second-order valence-electron chi connectivity index (χ2n) is 7.35. The van der Waals surface area contributed by atoms with Gasteiger partial charge in [-0.1, -0.05) is 32.9 Å². The second-order valence-corrected chi connectivity index (χ2v) is 7.35. The summed E-state index contributed by atoms with van der Waals surface area (Å²) in [6.07, 6.45) is 2.25. The molecule has 0 saturated carbocycles. The summed E-state index contributed by atoms with van der Waals surface area (Å²) in [5.74, 6) is 0.121. The lowest BCUT2D eigenvalue weighted by molar-refractivity contribution is -0.237. The van der Waals surface area contributed by atoms with Gasteiger partial charge in [0.15, 0.2) is 6.29 Å². The molecule has 1 aliphatic rings. The van der Waals surface area contributed by atoms with E-state index in [4.69, 9.17) is 14.2 Å². The normalized spacial score (nSPS) is 16.0. The molecule has 0 atom stereocenters. The third-order valence-electron chi connectivity index (χ3n) is 4.51. The minimum atomic E-state index is -0.374. The van der Waals surface area contributed by atoms with Crippen molar-refractivity contribution >= 4 is 5.97 Å². The SMILES string of the molecule is CCc1cc(CCC(=O)OCC(C)(C)C2OCCCO2)cc(C)c1O. The molecule has 0 aromatic heterocycles. The van der Waals surface area contributed by atoms with Crippen LogP contribution in [0.1, 0.15) is 50.3 Å². The zero-order valence-electron chi connectivity index (χ0n) is 15.8. The maximum Gasteiger partial charge on any atom is 0.306 e. The molecule has 1 aromatic rings. The van der Waals surface area contributed by atoms with Crippen molar-refractivity contribution in [3.63, 3.8) is 0 Å². The van der Waals surface area contributed by atoms with Crippen molar-refractivity contribution in [1.29, 1.82) is 0 Å². The standard InChI is InChI=1S/C20H30O5/c1-5-16-12-15(11-14(2)18(16)22)7-8-17(21)25-13-20(3,4)19-23-9-6-10-24-19/h11-12,19,22H,5-10,13H2,1-4H3. The van der Waals surface area contributed by atoms with Crippen molar-refractivity contribution in [3.05, 3.63) is 28.8 Å². The average Bonchev–Trinajstić information content (AvgIpc) is 2.61. The molecule has 1 heterocycles. The molecule has 25 heavy (non-hydrogen) atoms. The number of ether oxygens (including phenoxy) is 3. The number of aryl methyl sites for hydroxylation is 3. The van der Waals surface area contributed by atoms with Gasteiger partial charge in [0, 0.05) is 11.8 Å². The Kier molecular flexibility index (Phi) is 6.85. The van der Waals surface area contributed by atoms with Gasteiger partial charge in [-0.25, -0.2) is 0 Å². The smallest absolute Gasteiger partial charge is 0.306 e. The molecule has 2 rings (SSSR count). The highest BCUT2D eigenvalue weighted by Crippen LogP contribution is 2.28. The maximum absolute atomic E-state index is 12.1. The summed E-state index contributed by atoms with van der Waals surface area (Å²) >= 11 is 0. The van der Waals surface area contributed by atoms with Crippen LogP contribution in [0.25, 0.3) is 0 Å². The van der Waals surface area contributed by atoms with Crippen LogP contribution in [0.2, 0.25) is 0 Å². The van der Waals surface area contributed by atoms with E-state index >= 15 is 0 Å². The highest BCUT2D eigenvalue weighted by Gasteiger charge is 2.34. The van der Waals surface area contributed by atoms with E-state index in [-0.39, 0.29) is 24.3 Å². The molecule has 0 unspecified atom stereocenters. The van der Waals surface area contributed by atoms with Crippen molar-refractivity contribution in [3.8, 4) is 5.75 Å². The second kappa shape index (κ2) is 8.68. The predicted molar refractivity (Wildman–Crippen MR) is 95.6 cm³/mol. The number of benzene rings is 1. The van der Waals surface area contributed by atoms with Crippen LogP contribution in [0.3, 0.4) is 0 Å². The minimum Gasteiger partial charge on any atom is -0.507 e. The van der Waals surface area contributed by atoms with Gasteiger partial charge in [-0.2, -0.15) is 0 Å². The first-order chi connectivity index (χ1) is 11.8. The Balaban J connectivity index is 1.83. The van der Waals surface area contributed by atoms with Crippen LogP contribution in [0.15, 0.2) is 12.1 Å². The molecular weight excluding hydrogens is 320 g/mol. The first-order valence-electron chi connectivity index (χ1n) is 9.03. The Morgan fingerprint density at radius 3 is 2.64 bits per heavy atom. The number of rotatable bonds is 7. The van der Waals surface area contributed by atoms with Gasteiger partial charge in [0.05, 0.1) is 13.2 Å². The molecule has 0 spiro atoms. The first-order valence-corrected chi connectivity index (χ1v) is 9.03. The molecule has 0 amide bonds. The summed E-state index contributed by atoms with van der Waals surface area (Å²) < 4.78 is 16.7. The summed E-state index contributed by atoms with van der Waals surface area (Å²) in [4.78, 5) is 12.1. The van der Waals surface area contributed by atoms with Gasteiger partial charge in [-0.15, -0.1) is 0 Å². The van der Waals surface area contributed by atoms with Gasteiger partial charge < -0.3 is 19.3 Å². The number of carbonyl (C=O) groups is 1. The lowest BCUT2D eigenvalue weighted by atomic mass is 9.93. The molecule has 1 aliphatic heterocycles. The van der Waals surface area contributed by atoms with Crippen LogP contribution in [-0.2, 0) is 31.8 Å². The van der Waals surface area contributed by atoms with Gasteiger partial charge >= 0.3 is 5.97 Å². The lowest BCUT2D eigenvalue weighted by Crippen LogP contribution is -2.41. The van der Waals surface area contributed by atoms with Crippen molar-refractivity contribution in [1.82, 2.24) is 0 Å². The van der Waals surface area contributed by atoms with Crippen LogP contribution < -0.4 is 0 Å². The monoisotopic (exact) mass is 350 g/mol. The van der Waals surface area contributed by atoms with Crippen LogP contribution in [0.5, 0.6) is 5.75 Å². The molecule has 140 valence electrons. The summed E-state index contributed by atoms with van der Waals surface area (Å²) in [7, 11) is 0. The van der Waals surface area contributed by atoms with E-state index in [0.29, 0.717) is 31.8 Å². The van der Waals surface area contributed by atoms with Crippen LogP contribution in [0.4, 0.5) is 0 Å². The summed E-state index contributed by atoms with van der Waals surface area (Å²) in [5.41, 5.74) is 2.43. The molecule has 1 saturated heterocycles. The number of phenolic OH excluding ortho intramolecular Hbond substituents is 1. The number of carbonyl (C=O) groups excluding carboxylic acids is 1. The highest BCUT2D eigenvalue weighted by atomic mass is 16.7. The fourth-order valence-electron chi connectivity index (χ4n) is 2.94. The Labute approximate surface area is 150 Å². The molecule has 0 aliphatic carbocycles. The Hall–Kier alpha value is -1.59. The zero-order valence-corrected chi connectivity index (χ0v) is 15.8. The van der Waals surface area contributed by atoms with Gasteiger partial charge in [-0.3, -0.25) is 4.79 Å². The Morgan fingerprint density at radius 1 is 1.32 bits per heavy atom. The van der Waals surface area contributed by atoms with Gasteiger partial charge in [-0.05, 0) is 42.9 Å². The van der Waals surface area contributed by atoms with E-state index in [0.717, 1.165) is 29.5 Å². The van der Waals surface area contributed by atoms with E-state index in [2.05, 4.69) is 0 Å². The summed E-state index contributed by atoms with van der Waals surface area (Å²) in [6, 6.07) is 3.89. The maximum atomic E-state index is 12.1. The lowest BCUT2D eigenvalue weighted by Gasteiger charge is -2.35. The zero-order chi connectivity index (χ0) is 18.4. The Morgan fingerprint density at radius 2 is 2.00 bits per heavy atom. The summed E-state index contributed by atoms with van der Waals surface area (Å²) in [6.45, 7) is 9.47. The third-order valence-corrected chi connectivity index (χ3v) is 4.51. The van der Waals surface area contributed by atoms with E-state index in [9.17, 15) is 9.90 Å². The van der Waals surface area contributed by atoms with Crippen molar-refractivity contribution in [2.24, 2.45) is 5.41 Å². The van der Waals surface area contributed by atoms with Crippen molar-refractivity contribution < 1.29 is 24.1 Å². The molecule has 5 nitrogen and oxygen atoms in total. The van der Waals surface area contributed by atoms with Crippen LogP contribution in [-0.4, -0.2) is 37.2 Å². The molecule has 1 N–H and O–H groups in total. The molecule has 1 aromatic carbocycles. The fraction of sp³-hybridized carbons (Fsp3) is 0.650. The van der Waals surface area contributed by atoms with Gasteiger partial charge in [0.25, 0.3) is 0 Å². The van der Waals surface area contributed by atoms with Crippen LogP contribution in [0, 0.1) is 12.3 Å². The molecule has 0 radical (unpaired) electrons. The molecule has 5 heteroatoms. The number of hydrogen-bond donors (Lipinski definition) is 1. The topological polar surface area (TPSA) is 65.0 Å². The van der Waals surface area contributed by atoms with E-state index in [1.54, 1.807) is 0 Å².